The molecule has 5 heteroatoms. The van der Waals surface area contributed by atoms with Crippen LogP contribution in [0.4, 0.5) is 4.39 Å². The van der Waals surface area contributed by atoms with Crippen LogP contribution in [0.3, 0.4) is 0 Å². The summed E-state index contributed by atoms with van der Waals surface area (Å²) in [5, 5.41) is 0. The fraction of sp³-hybridized carbons (Fsp3) is 0.154. The Morgan fingerprint density at radius 2 is 2.00 bits per heavy atom. The quantitative estimate of drug-likeness (QED) is 0.851. The first-order valence-corrected chi connectivity index (χ1v) is 7.10. The Kier molecular flexibility index (Phi) is 3.72. The van der Waals surface area contributed by atoms with Crippen LogP contribution in [0.15, 0.2) is 53.7 Å². The highest BCUT2D eigenvalue weighted by atomic mass is 32.2. The molecule has 0 amide bonds. The molecular weight excluding hydrogens is 253 g/mol. The van der Waals surface area contributed by atoms with Gasteiger partial charge in [0.15, 0.2) is 9.84 Å². The lowest BCUT2D eigenvalue weighted by Crippen LogP contribution is -2.09. The van der Waals surface area contributed by atoms with Crippen LogP contribution in [0.2, 0.25) is 0 Å². The molecule has 2 aromatic rings. The van der Waals surface area contributed by atoms with Crippen molar-refractivity contribution in [2.75, 3.05) is 5.75 Å². The number of sulfone groups is 1. The molecule has 0 fully saturated rings. The van der Waals surface area contributed by atoms with E-state index in [2.05, 4.69) is 4.98 Å². The summed E-state index contributed by atoms with van der Waals surface area (Å²) in [6.07, 6.45) is 3.62. The van der Waals surface area contributed by atoms with Gasteiger partial charge in [-0.3, -0.25) is 4.98 Å². The van der Waals surface area contributed by atoms with Crippen LogP contribution in [0, 0.1) is 5.82 Å². The maximum absolute atomic E-state index is 13.0. The Morgan fingerprint density at radius 3 is 2.67 bits per heavy atom. The van der Waals surface area contributed by atoms with Crippen LogP contribution in [-0.2, 0) is 16.3 Å². The van der Waals surface area contributed by atoms with E-state index in [1.165, 1.54) is 18.2 Å². The molecule has 0 saturated heterocycles. The van der Waals surface area contributed by atoms with Gasteiger partial charge in [0.25, 0.3) is 0 Å². The van der Waals surface area contributed by atoms with Crippen molar-refractivity contribution in [1.82, 2.24) is 4.98 Å². The number of aromatic nitrogens is 1. The zero-order valence-electron chi connectivity index (χ0n) is 9.58. The normalized spacial score (nSPS) is 11.4. The predicted molar refractivity (Wildman–Crippen MR) is 66.4 cm³/mol. The Hall–Kier alpha value is -1.75. The van der Waals surface area contributed by atoms with Gasteiger partial charge in [-0.15, -0.1) is 0 Å². The van der Waals surface area contributed by atoms with Crippen molar-refractivity contribution >= 4 is 9.84 Å². The number of hydrogen-bond acceptors (Lipinski definition) is 3. The molecular formula is C13H12FNO2S. The van der Waals surface area contributed by atoms with Crippen LogP contribution < -0.4 is 0 Å². The molecule has 0 radical (unpaired) electrons. The highest BCUT2D eigenvalue weighted by Gasteiger charge is 2.14. The molecule has 18 heavy (non-hydrogen) atoms. The van der Waals surface area contributed by atoms with Crippen LogP contribution in [0.5, 0.6) is 0 Å². The van der Waals surface area contributed by atoms with E-state index in [1.54, 1.807) is 18.5 Å². The summed E-state index contributed by atoms with van der Waals surface area (Å²) in [7, 11) is -3.45. The van der Waals surface area contributed by atoms with Gasteiger partial charge in [0, 0.05) is 12.4 Å². The molecule has 0 saturated carbocycles. The number of rotatable bonds is 4. The zero-order valence-corrected chi connectivity index (χ0v) is 10.4. The third-order valence-electron chi connectivity index (χ3n) is 2.54. The molecule has 0 aliphatic heterocycles. The van der Waals surface area contributed by atoms with Crippen LogP contribution >= 0.6 is 0 Å². The second-order valence-electron chi connectivity index (χ2n) is 3.89. The van der Waals surface area contributed by atoms with Crippen molar-refractivity contribution in [3.8, 4) is 0 Å². The zero-order chi connectivity index (χ0) is 13.0. The van der Waals surface area contributed by atoms with E-state index in [-0.39, 0.29) is 10.6 Å². The third kappa shape index (κ3) is 3.13. The molecule has 1 heterocycles. The number of halogens is 1. The van der Waals surface area contributed by atoms with Crippen molar-refractivity contribution in [1.29, 1.82) is 0 Å². The fourth-order valence-electron chi connectivity index (χ4n) is 1.58. The number of benzene rings is 1. The first-order chi connectivity index (χ1) is 8.58. The topological polar surface area (TPSA) is 47.0 Å². The largest absolute Gasteiger partial charge is 0.264 e. The van der Waals surface area contributed by atoms with E-state index >= 15 is 0 Å². The molecule has 3 nitrogen and oxygen atoms in total. The summed E-state index contributed by atoms with van der Waals surface area (Å²) >= 11 is 0. The molecule has 0 atom stereocenters. The minimum absolute atomic E-state index is 0.0198. The van der Waals surface area contributed by atoms with Gasteiger partial charge in [0.05, 0.1) is 10.6 Å². The molecule has 1 aromatic heterocycles. The summed E-state index contributed by atoms with van der Waals surface area (Å²) < 4.78 is 36.9. The lowest BCUT2D eigenvalue weighted by molar-refractivity contribution is 0.590. The summed E-state index contributed by atoms with van der Waals surface area (Å²) in [4.78, 5) is 3.94. The van der Waals surface area contributed by atoms with E-state index in [0.717, 1.165) is 11.6 Å². The molecule has 0 N–H and O–H groups in total. The number of aryl methyl sites for hydroxylation is 1. The summed E-state index contributed by atoms with van der Waals surface area (Å²) in [6, 6.07) is 8.63. The van der Waals surface area contributed by atoms with Crippen molar-refractivity contribution in [3.63, 3.8) is 0 Å². The summed E-state index contributed by atoms with van der Waals surface area (Å²) in [5.41, 5.74) is 0.845. The van der Waals surface area contributed by atoms with E-state index in [1.807, 2.05) is 6.07 Å². The van der Waals surface area contributed by atoms with Crippen molar-refractivity contribution in [2.45, 2.75) is 11.3 Å². The molecule has 2 rings (SSSR count). The van der Waals surface area contributed by atoms with Gasteiger partial charge in [-0.2, -0.15) is 0 Å². The molecule has 94 valence electrons. The third-order valence-corrected chi connectivity index (χ3v) is 4.25. The Morgan fingerprint density at radius 1 is 1.17 bits per heavy atom. The smallest absolute Gasteiger partial charge is 0.178 e. The maximum Gasteiger partial charge on any atom is 0.178 e. The summed E-state index contributed by atoms with van der Waals surface area (Å²) in [6.45, 7) is 0. The van der Waals surface area contributed by atoms with E-state index in [4.69, 9.17) is 0 Å². The van der Waals surface area contributed by atoms with Gasteiger partial charge in [-0.1, -0.05) is 12.1 Å². The van der Waals surface area contributed by atoms with Gasteiger partial charge in [0.2, 0.25) is 0 Å². The maximum atomic E-state index is 13.0. The van der Waals surface area contributed by atoms with Crippen LogP contribution in [0.25, 0.3) is 0 Å². The molecule has 0 bridgehead atoms. The van der Waals surface area contributed by atoms with Crippen LogP contribution in [0.1, 0.15) is 5.56 Å². The molecule has 0 unspecified atom stereocenters. The van der Waals surface area contributed by atoms with Crippen molar-refractivity contribution < 1.29 is 12.8 Å². The summed E-state index contributed by atoms with van der Waals surface area (Å²) in [5.74, 6) is -0.597. The van der Waals surface area contributed by atoms with Crippen molar-refractivity contribution in [3.05, 3.63) is 60.2 Å². The molecule has 0 aliphatic rings. The van der Waals surface area contributed by atoms with E-state index in [0.29, 0.717) is 6.42 Å². The molecule has 0 spiro atoms. The van der Waals surface area contributed by atoms with Gasteiger partial charge in [-0.05, 0) is 36.2 Å². The number of nitrogens with zero attached hydrogens (tertiary/aromatic N) is 1. The molecule has 1 aromatic carbocycles. The van der Waals surface area contributed by atoms with Gasteiger partial charge >= 0.3 is 0 Å². The highest BCUT2D eigenvalue weighted by molar-refractivity contribution is 7.91. The number of hydrogen-bond donors (Lipinski definition) is 0. The van der Waals surface area contributed by atoms with E-state index < -0.39 is 15.7 Å². The van der Waals surface area contributed by atoms with E-state index in [9.17, 15) is 12.8 Å². The first-order valence-electron chi connectivity index (χ1n) is 5.45. The Labute approximate surface area is 105 Å². The molecule has 0 aliphatic carbocycles. The Balaban J connectivity index is 2.13. The SMILES string of the molecule is O=S(=O)(CCc1cccnc1)c1cccc(F)c1. The minimum atomic E-state index is -3.45. The minimum Gasteiger partial charge on any atom is -0.264 e. The van der Waals surface area contributed by atoms with Gasteiger partial charge in [0.1, 0.15) is 5.82 Å². The van der Waals surface area contributed by atoms with Crippen LogP contribution in [-0.4, -0.2) is 19.2 Å². The lowest BCUT2D eigenvalue weighted by atomic mass is 10.2. The van der Waals surface area contributed by atoms with Gasteiger partial charge in [-0.25, -0.2) is 12.8 Å². The highest BCUT2D eigenvalue weighted by Crippen LogP contribution is 2.14. The number of pyridine rings is 1. The Bertz CT molecular complexity index is 626. The monoisotopic (exact) mass is 265 g/mol. The fourth-order valence-corrected chi connectivity index (χ4v) is 2.89. The second kappa shape index (κ2) is 5.27. The van der Waals surface area contributed by atoms with Crippen molar-refractivity contribution in [2.24, 2.45) is 0 Å². The predicted octanol–water partition coefficient (Wildman–Crippen LogP) is 2.24. The second-order valence-corrected chi connectivity index (χ2v) is 6.00. The lowest BCUT2D eigenvalue weighted by Gasteiger charge is -2.04. The first kappa shape index (κ1) is 12.7. The standard InChI is InChI=1S/C13H12FNO2S/c14-12-4-1-5-13(9-12)18(16,17)8-6-11-3-2-7-15-10-11/h1-5,7,9-10H,6,8H2. The average Bonchev–Trinajstić information content (AvgIpc) is 2.38. The average molecular weight is 265 g/mol. The van der Waals surface area contributed by atoms with Gasteiger partial charge < -0.3 is 0 Å².